The monoisotopic (exact) mass is 413 g/mol. The van der Waals surface area contributed by atoms with Gasteiger partial charge in [-0.3, -0.25) is 4.79 Å². The van der Waals surface area contributed by atoms with E-state index in [9.17, 15) is 14.0 Å². The molecule has 7 heteroatoms. The molecule has 0 atom stereocenters. The molecule has 0 saturated heterocycles. The average Bonchev–Trinajstić information content (AvgIpc) is 2.74. The molecule has 0 bridgehead atoms. The van der Waals surface area contributed by atoms with Crippen LogP contribution in [0.25, 0.3) is 22.0 Å². The Balaban J connectivity index is 2.45. The molecule has 0 aliphatic heterocycles. The lowest BCUT2D eigenvalue weighted by molar-refractivity contribution is -0.141. The van der Waals surface area contributed by atoms with Gasteiger partial charge < -0.3 is 14.3 Å². The largest absolute Gasteiger partial charge is 0.497 e. The minimum absolute atomic E-state index is 0.109. The van der Waals surface area contributed by atoms with Crippen LogP contribution in [-0.2, 0) is 11.2 Å². The number of fused-ring (bicyclic) bond motifs is 1. The van der Waals surface area contributed by atoms with Gasteiger partial charge in [0.1, 0.15) is 22.8 Å². The van der Waals surface area contributed by atoms with Crippen molar-refractivity contribution in [3.05, 3.63) is 58.1 Å². The second-order valence-electron chi connectivity index (χ2n) is 6.73. The van der Waals surface area contributed by atoms with Crippen molar-refractivity contribution in [2.45, 2.75) is 33.6 Å². The van der Waals surface area contributed by atoms with Crippen molar-refractivity contribution in [2.75, 3.05) is 13.7 Å². The first-order valence-electron chi connectivity index (χ1n) is 9.79. The number of ether oxygens (including phenoxy) is 2. The van der Waals surface area contributed by atoms with Gasteiger partial charge in [-0.15, -0.1) is 0 Å². The molecule has 0 aliphatic rings. The molecule has 1 heterocycles. The number of carbonyl (C=O) groups is 1. The van der Waals surface area contributed by atoms with E-state index in [2.05, 4.69) is 0 Å². The summed E-state index contributed by atoms with van der Waals surface area (Å²) < 4.78 is 27.0. The third-order valence-electron chi connectivity index (χ3n) is 4.68. The Hall–Kier alpha value is -3.35. The van der Waals surface area contributed by atoms with Crippen molar-refractivity contribution in [1.82, 2.24) is 4.73 Å². The number of hydrogen-bond acceptors (Lipinski definition) is 5. The molecule has 2 aromatic carbocycles. The van der Waals surface area contributed by atoms with Crippen LogP contribution in [0.1, 0.15) is 32.9 Å². The fourth-order valence-corrected chi connectivity index (χ4v) is 3.39. The fourth-order valence-electron chi connectivity index (χ4n) is 3.39. The fraction of sp³-hybridized carbons (Fsp3) is 0.304. The Kier molecular flexibility index (Phi) is 6.40. The number of halogens is 1. The number of nitrogens with zero attached hydrogens (tertiary/aromatic N) is 1. The summed E-state index contributed by atoms with van der Waals surface area (Å²) in [7, 11) is 1.55. The number of carbonyl (C=O) groups excluding carboxylic acids is 1. The summed E-state index contributed by atoms with van der Waals surface area (Å²) in [6.07, 6.45) is 1.09. The number of pyridine rings is 1. The van der Waals surface area contributed by atoms with Crippen molar-refractivity contribution in [3.63, 3.8) is 0 Å². The van der Waals surface area contributed by atoms with Gasteiger partial charge >= 0.3 is 5.97 Å². The molecule has 0 radical (unpaired) electrons. The van der Waals surface area contributed by atoms with Crippen LogP contribution < -0.4 is 19.7 Å². The van der Waals surface area contributed by atoms with E-state index in [0.717, 1.165) is 6.42 Å². The molecule has 0 unspecified atom stereocenters. The normalized spacial score (nSPS) is 10.8. The lowest BCUT2D eigenvalue weighted by Crippen LogP contribution is -2.26. The third-order valence-corrected chi connectivity index (χ3v) is 4.68. The quantitative estimate of drug-likeness (QED) is 0.582. The number of benzene rings is 2. The van der Waals surface area contributed by atoms with Gasteiger partial charge in [0, 0.05) is 6.92 Å². The zero-order valence-electron chi connectivity index (χ0n) is 17.5. The number of hydrogen-bond donors (Lipinski definition) is 0. The van der Waals surface area contributed by atoms with Crippen molar-refractivity contribution in [1.29, 1.82) is 0 Å². The molecule has 0 fully saturated rings. The highest BCUT2D eigenvalue weighted by Gasteiger charge is 2.24. The molecule has 0 N–H and O–H groups in total. The molecule has 158 valence electrons. The van der Waals surface area contributed by atoms with Gasteiger partial charge in [-0.05, 0) is 42.7 Å². The van der Waals surface area contributed by atoms with E-state index in [1.165, 1.54) is 23.8 Å². The van der Waals surface area contributed by atoms with E-state index in [-0.39, 0.29) is 22.2 Å². The van der Waals surface area contributed by atoms with Crippen molar-refractivity contribution < 1.29 is 23.5 Å². The minimum atomic E-state index is -0.711. The average molecular weight is 413 g/mol. The maximum absolute atomic E-state index is 14.9. The van der Waals surface area contributed by atoms with E-state index in [0.29, 0.717) is 30.0 Å². The second kappa shape index (κ2) is 8.98. The highest BCUT2D eigenvalue weighted by molar-refractivity contribution is 5.90. The predicted octanol–water partition coefficient (Wildman–Crippen LogP) is 4.14. The van der Waals surface area contributed by atoms with Crippen LogP contribution in [0.15, 0.2) is 41.2 Å². The first-order valence-corrected chi connectivity index (χ1v) is 9.79. The summed E-state index contributed by atoms with van der Waals surface area (Å²) >= 11 is 0. The molecule has 0 saturated carbocycles. The van der Waals surface area contributed by atoms with E-state index >= 15 is 0 Å². The van der Waals surface area contributed by atoms with Gasteiger partial charge in [0.2, 0.25) is 5.43 Å². The van der Waals surface area contributed by atoms with Crippen LogP contribution in [-0.4, -0.2) is 24.4 Å². The van der Waals surface area contributed by atoms with Gasteiger partial charge in [-0.2, -0.15) is 4.73 Å². The highest BCUT2D eigenvalue weighted by atomic mass is 19.1. The molecule has 1 aromatic heterocycles. The van der Waals surface area contributed by atoms with Gasteiger partial charge in [0.25, 0.3) is 0 Å². The number of methoxy groups -OCH3 is 1. The highest BCUT2D eigenvalue weighted by Crippen LogP contribution is 2.32. The molecule has 0 amide bonds. The molecule has 0 spiro atoms. The standard InChI is InChI=1S/C23H24FNO5/c1-5-13-29-19-12-11-17(24)21-22(19)25(30-14(3)26)18(6-2)20(23(21)27)15-7-9-16(28-4)10-8-15/h7-12H,5-6,13H2,1-4H3. The smallest absolute Gasteiger partial charge is 0.329 e. The van der Waals surface area contributed by atoms with Crippen LogP contribution in [0.5, 0.6) is 11.5 Å². The number of aromatic nitrogens is 1. The molecule has 0 aliphatic carbocycles. The van der Waals surface area contributed by atoms with Crippen LogP contribution in [0, 0.1) is 5.82 Å². The zero-order chi connectivity index (χ0) is 21.8. The molecule has 3 rings (SSSR count). The molecule has 30 heavy (non-hydrogen) atoms. The first-order chi connectivity index (χ1) is 14.4. The van der Waals surface area contributed by atoms with Crippen molar-refractivity contribution in [3.8, 4) is 22.6 Å². The lowest BCUT2D eigenvalue weighted by atomic mass is 9.98. The van der Waals surface area contributed by atoms with E-state index in [1.54, 1.807) is 31.4 Å². The number of rotatable bonds is 7. The SMILES string of the molecule is CCCOc1ccc(F)c2c(=O)c(-c3ccc(OC)cc3)c(CC)n(OC(C)=O)c12. The van der Waals surface area contributed by atoms with Crippen molar-refractivity contribution in [2.24, 2.45) is 0 Å². The van der Waals surface area contributed by atoms with Crippen molar-refractivity contribution >= 4 is 16.9 Å². The van der Waals surface area contributed by atoms with Gasteiger partial charge in [0.15, 0.2) is 0 Å². The van der Waals surface area contributed by atoms with E-state index < -0.39 is 17.2 Å². The van der Waals surface area contributed by atoms with E-state index in [4.69, 9.17) is 14.3 Å². The summed E-state index contributed by atoms with van der Waals surface area (Å²) in [4.78, 5) is 30.8. The Labute approximate surface area is 173 Å². The van der Waals surface area contributed by atoms with Crippen LogP contribution in [0.2, 0.25) is 0 Å². The van der Waals surface area contributed by atoms with E-state index in [1.807, 2.05) is 13.8 Å². The maximum atomic E-state index is 14.9. The summed E-state index contributed by atoms with van der Waals surface area (Å²) in [5.41, 5.74) is 0.896. The molecule has 6 nitrogen and oxygen atoms in total. The van der Waals surface area contributed by atoms with Crippen LogP contribution in [0.3, 0.4) is 0 Å². The van der Waals surface area contributed by atoms with Gasteiger partial charge in [-0.1, -0.05) is 26.0 Å². The Morgan fingerprint density at radius 3 is 2.37 bits per heavy atom. The Bertz CT molecular complexity index is 1140. The predicted molar refractivity (Wildman–Crippen MR) is 113 cm³/mol. The van der Waals surface area contributed by atoms with Crippen LogP contribution >= 0.6 is 0 Å². The Morgan fingerprint density at radius 2 is 1.80 bits per heavy atom. The van der Waals surface area contributed by atoms with Gasteiger partial charge in [-0.25, -0.2) is 9.18 Å². The Morgan fingerprint density at radius 1 is 1.10 bits per heavy atom. The summed E-state index contributed by atoms with van der Waals surface area (Å²) in [5.74, 6) is -0.403. The second-order valence-corrected chi connectivity index (χ2v) is 6.73. The summed E-state index contributed by atoms with van der Waals surface area (Å²) in [5, 5.41) is -0.187. The molecule has 3 aromatic rings. The maximum Gasteiger partial charge on any atom is 0.329 e. The minimum Gasteiger partial charge on any atom is -0.497 e. The lowest BCUT2D eigenvalue weighted by Gasteiger charge is -2.20. The summed E-state index contributed by atoms with van der Waals surface area (Å²) in [6, 6.07) is 9.50. The molecular weight excluding hydrogens is 389 g/mol. The topological polar surface area (TPSA) is 66.8 Å². The zero-order valence-corrected chi connectivity index (χ0v) is 17.5. The third kappa shape index (κ3) is 3.87. The summed E-state index contributed by atoms with van der Waals surface area (Å²) in [6.45, 7) is 5.39. The first kappa shape index (κ1) is 21.4. The van der Waals surface area contributed by atoms with Gasteiger partial charge in [0.05, 0.1) is 30.4 Å². The molecular formula is C23H24FNO5. The van der Waals surface area contributed by atoms with Crippen LogP contribution in [0.4, 0.5) is 4.39 Å².